The number of aromatic nitrogens is 3. The summed E-state index contributed by atoms with van der Waals surface area (Å²) in [6, 6.07) is 7.17. The number of halogens is 2. The van der Waals surface area contributed by atoms with Crippen molar-refractivity contribution in [2.45, 2.75) is 13.5 Å². The highest BCUT2D eigenvalue weighted by Gasteiger charge is 2.14. The van der Waals surface area contributed by atoms with Crippen molar-refractivity contribution in [3.8, 4) is 0 Å². The van der Waals surface area contributed by atoms with Crippen LogP contribution in [-0.4, -0.2) is 25.6 Å². The number of benzene rings is 1. The number of pyridine rings is 1. The van der Waals surface area contributed by atoms with E-state index in [4.69, 9.17) is 16.7 Å². The molecule has 1 aromatic carbocycles. The van der Waals surface area contributed by atoms with Gasteiger partial charge in [-0.2, -0.15) is 0 Å². The Balaban J connectivity index is 2.11. The summed E-state index contributed by atoms with van der Waals surface area (Å²) in [7, 11) is 0. The van der Waals surface area contributed by atoms with Crippen molar-refractivity contribution in [2.24, 2.45) is 0 Å². The Morgan fingerprint density at radius 1 is 1.32 bits per heavy atom. The molecule has 0 radical (unpaired) electrons. The van der Waals surface area contributed by atoms with Gasteiger partial charge in [-0.3, -0.25) is 0 Å². The number of carboxylic acids is 1. The third kappa shape index (κ3) is 2.53. The summed E-state index contributed by atoms with van der Waals surface area (Å²) in [5.41, 5.74) is 1.70. The van der Waals surface area contributed by atoms with Crippen molar-refractivity contribution in [2.75, 3.05) is 0 Å². The average molecular weight is 320 g/mol. The molecule has 7 heteroatoms. The lowest BCUT2D eigenvalue weighted by Gasteiger charge is -2.08. The Labute approximate surface area is 130 Å². The van der Waals surface area contributed by atoms with Gasteiger partial charge in [0.15, 0.2) is 11.3 Å². The van der Waals surface area contributed by atoms with Crippen molar-refractivity contribution in [3.63, 3.8) is 0 Å². The number of carbonyl (C=O) groups is 1. The zero-order valence-corrected chi connectivity index (χ0v) is 12.3. The number of nitrogens with zero attached hydrogens (tertiary/aromatic N) is 3. The van der Waals surface area contributed by atoms with Crippen LogP contribution in [0.3, 0.4) is 0 Å². The van der Waals surface area contributed by atoms with Crippen molar-refractivity contribution in [3.05, 3.63) is 58.3 Å². The van der Waals surface area contributed by atoms with E-state index in [9.17, 15) is 9.18 Å². The van der Waals surface area contributed by atoms with Gasteiger partial charge < -0.3 is 9.67 Å². The minimum atomic E-state index is -1.10. The molecule has 5 nitrogen and oxygen atoms in total. The standard InChI is InChI=1S/C15H11ClFN3O2/c1-8-18-12-4-5-13(15(21)22)19-14(12)20(8)7-9-2-3-10(17)6-11(9)16/h2-6H,7H2,1H3,(H,21,22). The number of fused-ring (bicyclic) bond motifs is 1. The van der Waals surface area contributed by atoms with Crippen molar-refractivity contribution < 1.29 is 14.3 Å². The predicted molar refractivity (Wildman–Crippen MR) is 79.7 cm³/mol. The zero-order valence-electron chi connectivity index (χ0n) is 11.5. The number of aryl methyl sites for hydroxylation is 1. The van der Waals surface area contributed by atoms with E-state index in [-0.39, 0.29) is 5.69 Å². The topological polar surface area (TPSA) is 68.0 Å². The molecule has 0 saturated heterocycles. The van der Waals surface area contributed by atoms with E-state index in [0.29, 0.717) is 34.1 Å². The number of hydrogen-bond donors (Lipinski definition) is 1. The molecule has 0 amide bonds. The Hall–Kier alpha value is -2.47. The summed E-state index contributed by atoms with van der Waals surface area (Å²) < 4.78 is 14.9. The zero-order chi connectivity index (χ0) is 15.9. The number of aromatic carboxylic acids is 1. The molecule has 0 fully saturated rings. The summed E-state index contributed by atoms with van der Waals surface area (Å²) in [6.45, 7) is 2.12. The van der Waals surface area contributed by atoms with Crippen LogP contribution < -0.4 is 0 Å². The summed E-state index contributed by atoms with van der Waals surface area (Å²) in [5.74, 6) is -0.843. The van der Waals surface area contributed by atoms with E-state index in [1.54, 1.807) is 23.6 Å². The van der Waals surface area contributed by atoms with Gasteiger partial charge in [0, 0.05) is 5.02 Å². The second kappa shape index (κ2) is 5.38. The van der Waals surface area contributed by atoms with Crippen molar-refractivity contribution >= 4 is 28.7 Å². The van der Waals surface area contributed by atoms with E-state index in [1.165, 1.54) is 18.2 Å². The van der Waals surface area contributed by atoms with E-state index < -0.39 is 11.8 Å². The fraction of sp³-hybridized carbons (Fsp3) is 0.133. The third-order valence-corrected chi connectivity index (χ3v) is 3.70. The minimum Gasteiger partial charge on any atom is -0.477 e. The largest absolute Gasteiger partial charge is 0.477 e. The first-order valence-electron chi connectivity index (χ1n) is 6.47. The fourth-order valence-corrected chi connectivity index (χ4v) is 2.47. The SMILES string of the molecule is Cc1nc2ccc(C(=O)O)nc2n1Cc1ccc(F)cc1Cl. The summed E-state index contributed by atoms with van der Waals surface area (Å²) in [5, 5.41) is 9.35. The molecule has 0 spiro atoms. The first kappa shape index (κ1) is 14.5. The van der Waals surface area contributed by atoms with Crippen LogP contribution in [0.4, 0.5) is 4.39 Å². The Morgan fingerprint density at radius 3 is 2.77 bits per heavy atom. The van der Waals surface area contributed by atoms with E-state index in [0.717, 1.165) is 0 Å². The van der Waals surface area contributed by atoms with E-state index >= 15 is 0 Å². The second-order valence-electron chi connectivity index (χ2n) is 4.83. The molecule has 1 N–H and O–H groups in total. The number of imidazole rings is 1. The smallest absolute Gasteiger partial charge is 0.354 e. The normalized spacial score (nSPS) is 11.0. The Morgan fingerprint density at radius 2 is 2.09 bits per heavy atom. The van der Waals surface area contributed by atoms with Gasteiger partial charge >= 0.3 is 5.97 Å². The number of hydrogen-bond acceptors (Lipinski definition) is 3. The Kier molecular flexibility index (Phi) is 3.54. The molecule has 0 aliphatic rings. The van der Waals surface area contributed by atoms with Crippen LogP contribution in [0.2, 0.25) is 5.02 Å². The quantitative estimate of drug-likeness (QED) is 0.804. The average Bonchev–Trinajstić information content (AvgIpc) is 2.77. The molecule has 0 aliphatic heterocycles. The van der Waals surface area contributed by atoms with Crippen LogP contribution in [0.1, 0.15) is 21.9 Å². The molecule has 3 rings (SSSR count). The van der Waals surface area contributed by atoms with Gasteiger partial charge in [-0.25, -0.2) is 19.2 Å². The maximum absolute atomic E-state index is 13.1. The lowest BCUT2D eigenvalue weighted by Crippen LogP contribution is -2.06. The van der Waals surface area contributed by atoms with Crippen molar-refractivity contribution in [1.82, 2.24) is 14.5 Å². The molecule has 22 heavy (non-hydrogen) atoms. The molecule has 0 unspecified atom stereocenters. The molecule has 2 aromatic heterocycles. The van der Waals surface area contributed by atoms with Gasteiger partial charge in [0.05, 0.1) is 6.54 Å². The first-order valence-corrected chi connectivity index (χ1v) is 6.84. The van der Waals surface area contributed by atoms with Gasteiger partial charge in [-0.05, 0) is 36.8 Å². The van der Waals surface area contributed by atoms with Gasteiger partial charge in [0.1, 0.15) is 17.2 Å². The molecule has 0 atom stereocenters. The molecule has 0 bridgehead atoms. The lowest BCUT2D eigenvalue weighted by molar-refractivity contribution is 0.0691. The summed E-state index contributed by atoms with van der Waals surface area (Å²) >= 11 is 6.04. The van der Waals surface area contributed by atoms with Gasteiger partial charge in [0.2, 0.25) is 0 Å². The maximum atomic E-state index is 13.1. The highest BCUT2D eigenvalue weighted by Crippen LogP contribution is 2.22. The predicted octanol–water partition coefficient (Wildman–Crippen LogP) is 3.28. The van der Waals surface area contributed by atoms with Crippen molar-refractivity contribution in [1.29, 1.82) is 0 Å². The molecule has 2 heterocycles. The van der Waals surface area contributed by atoms with Gasteiger partial charge in [0.25, 0.3) is 0 Å². The van der Waals surface area contributed by atoms with Crippen LogP contribution >= 0.6 is 11.6 Å². The molecule has 0 saturated carbocycles. The number of rotatable bonds is 3. The van der Waals surface area contributed by atoms with Crippen LogP contribution in [0, 0.1) is 12.7 Å². The molecule has 112 valence electrons. The van der Waals surface area contributed by atoms with E-state index in [1.807, 2.05) is 0 Å². The van der Waals surface area contributed by atoms with E-state index in [2.05, 4.69) is 9.97 Å². The number of carboxylic acid groups (broad SMARTS) is 1. The molecule has 3 aromatic rings. The van der Waals surface area contributed by atoms with Crippen LogP contribution in [0.5, 0.6) is 0 Å². The minimum absolute atomic E-state index is 0.0566. The van der Waals surface area contributed by atoms with Crippen LogP contribution in [0.25, 0.3) is 11.2 Å². The maximum Gasteiger partial charge on any atom is 0.354 e. The monoisotopic (exact) mass is 319 g/mol. The first-order chi connectivity index (χ1) is 10.5. The van der Waals surface area contributed by atoms with Crippen LogP contribution in [0.15, 0.2) is 30.3 Å². The lowest BCUT2D eigenvalue weighted by atomic mass is 10.2. The Bertz CT molecular complexity index is 892. The molecule has 0 aliphatic carbocycles. The summed E-state index contributed by atoms with van der Waals surface area (Å²) in [6.07, 6.45) is 0. The third-order valence-electron chi connectivity index (χ3n) is 3.35. The van der Waals surface area contributed by atoms with Gasteiger partial charge in [-0.1, -0.05) is 17.7 Å². The fourth-order valence-electron chi connectivity index (χ4n) is 2.24. The highest BCUT2D eigenvalue weighted by atomic mass is 35.5. The second-order valence-corrected chi connectivity index (χ2v) is 5.23. The van der Waals surface area contributed by atoms with Gasteiger partial charge in [-0.15, -0.1) is 0 Å². The molecular weight excluding hydrogens is 309 g/mol. The highest BCUT2D eigenvalue weighted by molar-refractivity contribution is 6.31. The molecular formula is C15H11ClFN3O2. The summed E-state index contributed by atoms with van der Waals surface area (Å²) in [4.78, 5) is 19.5. The van der Waals surface area contributed by atoms with Crippen LogP contribution in [-0.2, 0) is 6.54 Å².